The molecule has 42 heavy (non-hydrogen) atoms. The van der Waals surface area contributed by atoms with Crippen molar-refractivity contribution in [2.24, 2.45) is 0 Å². The number of likely N-dealkylation sites (N-methyl/N-ethyl adjacent to an activating group) is 2. The van der Waals surface area contributed by atoms with Crippen LogP contribution in [0.15, 0.2) is 33.9 Å². The van der Waals surface area contributed by atoms with E-state index in [0.29, 0.717) is 0 Å². The third kappa shape index (κ3) is 18.5. The zero-order valence-electron chi connectivity index (χ0n) is 25.9. The summed E-state index contributed by atoms with van der Waals surface area (Å²) in [4.78, 5) is 47.1. The zero-order chi connectivity index (χ0) is 31.9. The first-order valence-corrected chi connectivity index (χ1v) is 14.5. The Morgan fingerprint density at radius 3 is 1.31 bits per heavy atom. The number of rotatable bonds is 15. The highest BCUT2D eigenvalue weighted by atomic mass is 16.3. The average molecular weight is 595 g/mol. The minimum absolute atomic E-state index is 0.0603. The van der Waals surface area contributed by atoms with Gasteiger partial charge < -0.3 is 30.6 Å². The molecule has 0 aliphatic heterocycles. The Morgan fingerprint density at radius 1 is 0.714 bits per heavy atom. The van der Waals surface area contributed by atoms with Crippen molar-refractivity contribution in [2.75, 3.05) is 41.3 Å². The molecule has 0 aromatic carbocycles. The van der Waals surface area contributed by atoms with Gasteiger partial charge in [-0.3, -0.25) is 19.2 Å². The molecular formula is C28H50N8O6. The van der Waals surface area contributed by atoms with Gasteiger partial charge in [-0.2, -0.15) is 10.2 Å². The molecular weight excluding hydrogens is 544 g/mol. The van der Waals surface area contributed by atoms with E-state index >= 15 is 0 Å². The molecule has 0 saturated heterocycles. The second-order valence-corrected chi connectivity index (χ2v) is 10.4. The van der Waals surface area contributed by atoms with Crippen LogP contribution in [-0.2, 0) is 9.59 Å². The molecule has 0 spiro atoms. The van der Waals surface area contributed by atoms with Crippen LogP contribution in [-0.4, -0.2) is 85.6 Å². The number of hydrogen-bond donors (Lipinski definition) is 6. The van der Waals surface area contributed by atoms with Crippen molar-refractivity contribution in [1.82, 2.24) is 31.0 Å². The summed E-state index contributed by atoms with van der Waals surface area (Å²) >= 11 is 0. The van der Waals surface area contributed by atoms with E-state index in [-0.39, 0.29) is 35.0 Å². The van der Waals surface area contributed by atoms with Crippen LogP contribution in [0.4, 0.5) is 0 Å². The first-order chi connectivity index (χ1) is 19.9. The van der Waals surface area contributed by atoms with Gasteiger partial charge in [-0.25, -0.2) is 10.2 Å². The van der Waals surface area contributed by atoms with Gasteiger partial charge in [0.1, 0.15) is 0 Å². The number of carbonyl (C=O) groups excluding carboxylic acids is 2. The number of carbonyl (C=O) groups is 2. The fraction of sp³-hybridized carbons (Fsp3) is 0.643. The second kappa shape index (κ2) is 22.9. The van der Waals surface area contributed by atoms with E-state index in [0.717, 1.165) is 88.7 Å². The average Bonchev–Trinajstić information content (AvgIpc) is 2.95. The van der Waals surface area contributed by atoms with Gasteiger partial charge >= 0.3 is 0 Å². The molecule has 2 unspecified atom stereocenters. The lowest BCUT2D eigenvalue weighted by atomic mass is 10.1. The molecule has 14 nitrogen and oxygen atoms in total. The van der Waals surface area contributed by atoms with Gasteiger partial charge in [0.25, 0.3) is 22.9 Å². The highest BCUT2D eigenvalue weighted by Gasteiger charge is 2.23. The number of aromatic amines is 2. The molecule has 2 atom stereocenters. The van der Waals surface area contributed by atoms with E-state index in [9.17, 15) is 29.4 Å². The van der Waals surface area contributed by atoms with E-state index < -0.39 is 11.8 Å². The number of amides is 2. The molecule has 14 heteroatoms. The van der Waals surface area contributed by atoms with Gasteiger partial charge in [0.05, 0.1) is 28.2 Å². The van der Waals surface area contributed by atoms with Crippen molar-refractivity contribution in [3.8, 4) is 11.8 Å². The summed E-state index contributed by atoms with van der Waals surface area (Å²) in [6, 6.07) is 4.61. The van der Waals surface area contributed by atoms with Crippen LogP contribution >= 0.6 is 0 Å². The first-order valence-electron chi connectivity index (χ1n) is 14.5. The first kappa shape index (κ1) is 38.2. The summed E-state index contributed by atoms with van der Waals surface area (Å²) in [5.74, 6) is -0.506. The lowest BCUT2D eigenvalue weighted by molar-refractivity contribution is -0.876. The van der Waals surface area contributed by atoms with Gasteiger partial charge in [0.2, 0.25) is 0 Å². The number of nitrogens with one attached hydrogen (secondary N) is 6. The summed E-state index contributed by atoms with van der Waals surface area (Å²) < 4.78 is 0. The maximum absolute atomic E-state index is 12.2. The van der Waals surface area contributed by atoms with Crippen LogP contribution in [0.2, 0.25) is 0 Å². The van der Waals surface area contributed by atoms with Crippen molar-refractivity contribution in [3.63, 3.8) is 0 Å². The van der Waals surface area contributed by atoms with Crippen LogP contribution in [0, 0.1) is 0 Å². The summed E-state index contributed by atoms with van der Waals surface area (Å²) in [5.41, 5.74) is -0.714. The molecule has 0 bridgehead atoms. The molecule has 2 heterocycles. The number of H-pyrrole nitrogens is 2. The van der Waals surface area contributed by atoms with E-state index in [1.54, 1.807) is 0 Å². The summed E-state index contributed by atoms with van der Waals surface area (Å²) in [7, 11) is 8.15. The molecule has 2 aromatic heterocycles. The van der Waals surface area contributed by atoms with Gasteiger partial charge in [0, 0.05) is 49.8 Å². The number of quaternary nitrogens is 2. The SMILES string of the molecule is CCCC(C(=O)NCCCCCCNC(=O)C(CCC)[NH+](C)C)[NH+](C)C.O=c1ccc([O-])n[nH]1.O=c1ccc([O-])n[nH]1. The molecule has 0 aliphatic carbocycles. The fourth-order valence-corrected chi connectivity index (χ4v) is 3.88. The minimum Gasteiger partial charge on any atom is -0.857 e. The Kier molecular flexibility index (Phi) is 20.8. The molecule has 2 rings (SSSR count). The lowest BCUT2D eigenvalue weighted by Crippen LogP contribution is -3.11. The third-order valence-electron chi connectivity index (χ3n) is 6.19. The monoisotopic (exact) mass is 594 g/mol. The molecule has 0 fully saturated rings. The summed E-state index contributed by atoms with van der Waals surface area (Å²) in [6.07, 6.45) is 8.10. The zero-order valence-corrected chi connectivity index (χ0v) is 25.9. The predicted octanol–water partition coefficient (Wildman–Crippen LogP) is -2.91. The third-order valence-corrected chi connectivity index (χ3v) is 6.19. The molecule has 2 aromatic rings. The fourth-order valence-electron chi connectivity index (χ4n) is 3.88. The van der Waals surface area contributed by atoms with Crippen molar-refractivity contribution in [2.45, 2.75) is 77.3 Å². The molecule has 2 amide bonds. The highest BCUT2D eigenvalue weighted by molar-refractivity contribution is 5.80. The molecule has 0 saturated carbocycles. The standard InChI is InChI=1S/C20H42N4O2.2C4H4N2O2/c1-7-13-17(23(3)4)19(25)21-15-11-9-10-12-16-22-20(26)18(14-8-2)24(5)6;2*7-3-1-2-4(8)6-5-3/h17-18H,7-16H2,1-6H3,(H,21,25)(H,22,26);2*1-2H,(H,5,7)(H,6,8). The van der Waals surface area contributed by atoms with Crippen molar-refractivity contribution in [1.29, 1.82) is 0 Å². The van der Waals surface area contributed by atoms with E-state index in [2.05, 4.69) is 34.7 Å². The van der Waals surface area contributed by atoms with Crippen LogP contribution in [0.25, 0.3) is 0 Å². The Labute approximate surface area is 247 Å². The number of nitrogens with zero attached hydrogens (tertiary/aromatic N) is 2. The van der Waals surface area contributed by atoms with Gasteiger partial charge in [-0.1, -0.05) is 26.7 Å². The highest BCUT2D eigenvalue weighted by Crippen LogP contribution is 2.00. The molecule has 0 radical (unpaired) electrons. The van der Waals surface area contributed by atoms with Crippen LogP contribution < -0.4 is 41.8 Å². The van der Waals surface area contributed by atoms with Crippen LogP contribution in [0.1, 0.15) is 65.2 Å². The Bertz CT molecular complexity index is 994. The van der Waals surface area contributed by atoms with Gasteiger partial charge in [-0.15, -0.1) is 0 Å². The van der Waals surface area contributed by atoms with Crippen LogP contribution in [0.3, 0.4) is 0 Å². The Balaban J connectivity index is 0.000000834. The van der Waals surface area contributed by atoms with Crippen LogP contribution in [0.5, 0.6) is 11.8 Å². The van der Waals surface area contributed by atoms with Crippen molar-refractivity contribution >= 4 is 11.8 Å². The van der Waals surface area contributed by atoms with E-state index in [1.165, 1.54) is 9.80 Å². The normalized spacial score (nSPS) is 11.9. The summed E-state index contributed by atoms with van der Waals surface area (Å²) in [6.45, 7) is 5.74. The maximum Gasteiger partial charge on any atom is 0.278 e. The molecule has 238 valence electrons. The maximum atomic E-state index is 12.2. The Hall–Kier alpha value is -3.78. The number of hydrogen-bond acceptors (Lipinski definition) is 8. The molecule has 6 N–H and O–H groups in total. The van der Waals surface area contributed by atoms with Crippen molar-refractivity contribution in [3.05, 3.63) is 45.0 Å². The molecule has 0 aliphatic rings. The van der Waals surface area contributed by atoms with E-state index in [1.807, 2.05) is 38.4 Å². The lowest BCUT2D eigenvalue weighted by Gasteiger charge is -2.20. The van der Waals surface area contributed by atoms with E-state index in [4.69, 9.17) is 0 Å². The Morgan fingerprint density at radius 2 is 1.07 bits per heavy atom. The van der Waals surface area contributed by atoms with Gasteiger partial charge in [-0.05, 0) is 37.8 Å². The number of unbranched alkanes of at least 4 members (excludes halogenated alkanes) is 3. The topological polar surface area (TPSA) is 205 Å². The quantitative estimate of drug-likeness (QED) is 0.118. The smallest absolute Gasteiger partial charge is 0.278 e. The number of aromatic nitrogens is 4. The van der Waals surface area contributed by atoms with Gasteiger partial charge in [0.15, 0.2) is 12.1 Å². The second-order valence-electron chi connectivity index (χ2n) is 10.4. The summed E-state index contributed by atoms with van der Waals surface area (Å²) in [5, 5.41) is 36.5. The largest absolute Gasteiger partial charge is 0.857 e. The predicted molar refractivity (Wildman–Crippen MR) is 156 cm³/mol. The van der Waals surface area contributed by atoms with Crippen molar-refractivity contribution < 1.29 is 29.6 Å². The minimum atomic E-state index is -0.426.